The highest BCUT2D eigenvalue weighted by atomic mass is 35.5. The first-order valence-electron chi connectivity index (χ1n) is 7.56. The molecule has 134 valence electrons. The van der Waals surface area contributed by atoms with Crippen LogP contribution in [0.25, 0.3) is 0 Å². The average molecular weight is 371 g/mol. The molecule has 25 heavy (non-hydrogen) atoms. The van der Waals surface area contributed by atoms with E-state index in [1.165, 1.54) is 12.1 Å². The van der Waals surface area contributed by atoms with Crippen molar-refractivity contribution in [2.45, 2.75) is 25.4 Å². The predicted molar refractivity (Wildman–Crippen MR) is 92.9 cm³/mol. The monoisotopic (exact) mass is 370 g/mol. The molecule has 0 unspecified atom stereocenters. The van der Waals surface area contributed by atoms with E-state index < -0.39 is 17.8 Å². The summed E-state index contributed by atoms with van der Waals surface area (Å²) in [6.07, 6.45) is -4.40. The molecule has 0 aliphatic carbocycles. The minimum Gasteiger partial charge on any atom is -0.337 e. The van der Waals surface area contributed by atoms with Gasteiger partial charge in [-0.05, 0) is 42.0 Å². The van der Waals surface area contributed by atoms with Crippen LogP contribution in [0.5, 0.6) is 0 Å². The number of carbonyl (C=O) groups is 1. The fraction of sp³-hybridized carbons (Fsp3) is 0.278. The minimum absolute atomic E-state index is 0.287. The Morgan fingerprint density at radius 2 is 1.48 bits per heavy atom. The molecule has 0 aromatic heterocycles. The zero-order valence-electron chi connectivity index (χ0n) is 13.7. The second-order valence-corrected chi connectivity index (χ2v) is 6.71. The number of halogens is 4. The molecular weight excluding hydrogens is 353 g/mol. The lowest BCUT2D eigenvalue weighted by Gasteiger charge is -2.25. The molecule has 0 radical (unpaired) electrons. The molecule has 0 saturated carbocycles. The minimum atomic E-state index is -4.40. The van der Waals surface area contributed by atoms with Gasteiger partial charge in [0.1, 0.15) is 0 Å². The van der Waals surface area contributed by atoms with Crippen LogP contribution in [0, 0.1) is 0 Å². The molecular formula is C18H18ClF3N2O. The number of benzene rings is 2. The Balaban J connectivity index is 1.93. The highest BCUT2D eigenvalue weighted by Gasteiger charge is 2.30. The SMILES string of the molecule is CC(C)(CNC(=O)Nc1ccc(C(F)(F)F)cc1)c1ccc(Cl)cc1. The van der Waals surface area contributed by atoms with Crippen LogP contribution in [0.3, 0.4) is 0 Å². The number of urea groups is 1. The molecule has 0 saturated heterocycles. The summed E-state index contributed by atoms with van der Waals surface area (Å²) in [5, 5.41) is 5.87. The number of amides is 2. The third kappa shape index (κ3) is 5.39. The maximum Gasteiger partial charge on any atom is 0.416 e. The van der Waals surface area contributed by atoms with Crippen molar-refractivity contribution in [3.63, 3.8) is 0 Å². The highest BCUT2D eigenvalue weighted by molar-refractivity contribution is 6.30. The number of rotatable bonds is 4. The van der Waals surface area contributed by atoms with Gasteiger partial charge in [-0.2, -0.15) is 13.2 Å². The molecule has 3 nitrogen and oxygen atoms in total. The number of alkyl halides is 3. The quantitative estimate of drug-likeness (QED) is 0.737. The van der Waals surface area contributed by atoms with Gasteiger partial charge in [0.15, 0.2) is 0 Å². The highest BCUT2D eigenvalue weighted by Crippen LogP contribution is 2.29. The number of hydrogen-bond acceptors (Lipinski definition) is 1. The zero-order chi connectivity index (χ0) is 18.7. The van der Waals surface area contributed by atoms with Crippen LogP contribution in [0.1, 0.15) is 25.0 Å². The van der Waals surface area contributed by atoms with E-state index in [0.29, 0.717) is 11.6 Å². The molecule has 2 N–H and O–H groups in total. The number of nitrogens with one attached hydrogen (secondary N) is 2. The van der Waals surface area contributed by atoms with Crippen LogP contribution in [0.4, 0.5) is 23.7 Å². The van der Waals surface area contributed by atoms with E-state index in [9.17, 15) is 18.0 Å². The summed E-state index contributed by atoms with van der Waals surface area (Å²) in [6, 6.07) is 11.1. The molecule has 0 spiro atoms. The van der Waals surface area contributed by atoms with E-state index in [1.807, 2.05) is 26.0 Å². The van der Waals surface area contributed by atoms with Crippen molar-refractivity contribution in [3.05, 3.63) is 64.7 Å². The average Bonchev–Trinajstić information content (AvgIpc) is 2.53. The van der Waals surface area contributed by atoms with Crippen molar-refractivity contribution in [2.75, 3.05) is 11.9 Å². The molecule has 2 aromatic rings. The molecule has 0 aliphatic heterocycles. The molecule has 2 rings (SSSR count). The van der Waals surface area contributed by atoms with E-state index >= 15 is 0 Å². The standard InChI is InChI=1S/C18H18ClF3N2O/c1-17(2,12-3-7-14(19)8-4-12)11-23-16(25)24-15-9-5-13(6-10-15)18(20,21)22/h3-10H,11H2,1-2H3,(H2,23,24,25). The fourth-order valence-corrected chi connectivity index (χ4v) is 2.35. The van der Waals surface area contributed by atoms with Gasteiger partial charge in [0.2, 0.25) is 0 Å². The number of carbonyl (C=O) groups excluding carboxylic acids is 1. The second kappa shape index (κ2) is 7.35. The van der Waals surface area contributed by atoms with Gasteiger partial charge in [-0.1, -0.05) is 37.6 Å². The summed E-state index contributed by atoms with van der Waals surface area (Å²) in [6.45, 7) is 4.28. The molecule has 7 heteroatoms. The van der Waals surface area contributed by atoms with E-state index in [1.54, 1.807) is 12.1 Å². The lowest BCUT2D eigenvalue weighted by atomic mass is 9.85. The molecule has 2 aromatic carbocycles. The number of hydrogen-bond donors (Lipinski definition) is 2. The Morgan fingerprint density at radius 3 is 2.00 bits per heavy atom. The molecule has 0 bridgehead atoms. The first-order valence-corrected chi connectivity index (χ1v) is 7.94. The van der Waals surface area contributed by atoms with E-state index in [4.69, 9.17) is 11.6 Å². The fourth-order valence-electron chi connectivity index (χ4n) is 2.22. The summed E-state index contributed by atoms with van der Waals surface area (Å²) < 4.78 is 37.5. The van der Waals surface area contributed by atoms with Gasteiger partial charge in [0.25, 0.3) is 0 Å². The predicted octanol–water partition coefficient (Wildman–Crippen LogP) is 5.46. The third-order valence-electron chi connectivity index (χ3n) is 3.79. The largest absolute Gasteiger partial charge is 0.416 e. The summed E-state index contributed by atoms with van der Waals surface area (Å²) in [5.74, 6) is 0. The molecule has 2 amide bonds. The first-order chi connectivity index (χ1) is 11.6. The summed E-state index contributed by atoms with van der Waals surface area (Å²) in [7, 11) is 0. The van der Waals surface area contributed by atoms with Gasteiger partial charge in [-0.3, -0.25) is 0 Å². The third-order valence-corrected chi connectivity index (χ3v) is 4.04. The normalized spacial score (nSPS) is 11.9. The van der Waals surface area contributed by atoms with Crippen LogP contribution in [0.15, 0.2) is 48.5 Å². The van der Waals surface area contributed by atoms with Crippen LogP contribution in [0.2, 0.25) is 5.02 Å². The van der Waals surface area contributed by atoms with Crippen molar-refractivity contribution in [1.29, 1.82) is 0 Å². The van der Waals surface area contributed by atoms with Gasteiger partial charge < -0.3 is 10.6 Å². The Kier molecular flexibility index (Phi) is 5.62. The van der Waals surface area contributed by atoms with Crippen molar-refractivity contribution in [3.8, 4) is 0 Å². The first kappa shape index (κ1) is 19.1. The maximum atomic E-state index is 12.5. The lowest BCUT2D eigenvalue weighted by molar-refractivity contribution is -0.137. The molecule has 0 aliphatic rings. The van der Waals surface area contributed by atoms with Crippen molar-refractivity contribution < 1.29 is 18.0 Å². The van der Waals surface area contributed by atoms with Crippen LogP contribution < -0.4 is 10.6 Å². The van der Waals surface area contributed by atoms with Gasteiger partial charge in [0.05, 0.1) is 5.56 Å². The molecule has 0 atom stereocenters. The smallest absolute Gasteiger partial charge is 0.337 e. The molecule has 0 fully saturated rings. The summed E-state index contributed by atoms with van der Waals surface area (Å²) >= 11 is 5.87. The topological polar surface area (TPSA) is 41.1 Å². The van der Waals surface area contributed by atoms with Gasteiger partial charge in [-0.25, -0.2) is 4.79 Å². The van der Waals surface area contributed by atoms with Crippen LogP contribution >= 0.6 is 11.6 Å². The second-order valence-electron chi connectivity index (χ2n) is 6.27. The Bertz CT molecular complexity index is 725. The van der Waals surface area contributed by atoms with Gasteiger partial charge >= 0.3 is 12.2 Å². The summed E-state index contributed by atoms with van der Waals surface area (Å²) in [5.41, 5.74) is 0.200. The van der Waals surface area contributed by atoms with E-state index in [0.717, 1.165) is 17.7 Å². The maximum absolute atomic E-state index is 12.5. The lowest BCUT2D eigenvalue weighted by Crippen LogP contribution is -2.38. The Hall–Kier alpha value is -2.21. The molecule has 0 heterocycles. The Morgan fingerprint density at radius 1 is 0.960 bits per heavy atom. The Labute approximate surface area is 149 Å². The number of anilines is 1. The van der Waals surface area contributed by atoms with Crippen LogP contribution in [-0.2, 0) is 11.6 Å². The van der Waals surface area contributed by atoms with Gasteiger partial charge in [0, 0.05) is 22.7 Å². The van der Waals surface area contributed by atoms with Crippen molar-refractivity contribution >= 4 is 23.3 Å². The van der Waals surface area contributed by atoms with Crippen molar-refractivity contribution in [1.82, 2.24) is 5.32 Å². The van der Waals surface area contributed by atoms with Crippen LogP contribution in [-0.4, -0.2) is 12.6 Å². The summed E-state index contributed by atoms with van der Waals surface area (Å²) in [4.78, 5) is 12.0. The van der Waals surface area contributed by atoms with Gasteiger partial charge in [-0.15, -0.1) is 0 Å². The zero-order valence-corrected chi connectivity index (χ0v) is 14.5. The van der Waals surface area contributed by atoms with Crippen molar-refractivity contribution in [2.24, 2.45) is 0 Å². The van der Waals surface area contributed by atoms with E-state index in [2.05, 4.69) is 10.6 Å². The van der Waals surface area contributed by atoms with E-state index in [-0.39, 0.29) is 11.1 Å².